The first-order valence-electron chi connectivity index (χ1n) is 6.80. The molecule has 0 radical (unpaired) electrons. The van der Waals surface area contributed by atoms with Crippen LogP contribution in [0.2, 0.25) is 5.02 Å². The second-order valence-electron chi connectivity index (χ2n) is 5.48. The highest BCUT2D eigenvalue weighted by atomic mass is 35.5. The zero-order valence-corrected chi connectivity index (χ0v) is 13.3. The number of ether oxygens (including phenoxy) is 1. The molecule has 0 saturated heterocycles. The van der Waals surface area contributed by atoms with Crippen molar-refractivity contribution in [2.45, 2.75) is 43.6 Å². The van der Waals surface area contributed by atoms with Crippen LogP contribution < -0.4 is 5.14 Å². The van der Waals surface area contributed by atoms with Crippen molar-refractivity contribution >= 4 is 27.6 Å². The smallest absolute Gasteiger partial charge is 0.338 e. The van der Waals surface area contributed by atoms with E-state index in [-0.39, 0.29) is 21.6 Å². The number of benzene rings is 1. The average molecular weight is 332 g/mol. The molecule has 21 heavy (non-hydrogen) atoms. The molecule has 1 aliphatic rings. The van der Waals surface area contributed by atoms with Crippen molar-refractivity contribution in [2.75, 3.05) is 0 Å². The Balaban J connectivity index is 2.13. The standard InChI is InChI=1S/C14H18ClNO4S/c1-9-2-5-11(6-3-9)20-14(17)10-4-7-12(15)13(8-10)21(16,18)19/h4,7-9,11H,2-3,5-6H2,1H3,(H2,16,18,19). The molecule has 1 aromatic carbocycles. The molecular weight excluding hydrogens is 314 g/mol. The number of hydrogen-bond acceptors (Lipinski definition) is 4. The van der Waals surface area contributed by atoms with Crippen molar-refractivity contribution in [1.29, 1.82) is 0 Å². The summed E-state index contributed by atoms with van der Waals surface area (Å²) in [7, 11) is -3.97. The number of rotatable bonds is 3. The van der Waals surface area contributed by atoms with Gasteiger partial charge in [0.2, 0.25) is 10.0 Å². The lowest BCUT2D eigenvalue weighted by molar-refractivity contribution is 0.0173. The second kappa shape index (κ2) is 6.34. The lowest BCUT2D eigenvalue weighted by Crippen LogP contribution is -2.24. The third-order valence-corrected chi connectivity index (χ3v) is 5.10. The third-order valence-electron chi connectivity index (χ3n) is 3.71. The van der Waals surface area contributed by atoms with Gasteiger partial charge in [-0.2, -0.15) is 0 Å². The molecule has 2 N–H and O–H groups in total. The maximum Gasteiger partial charge on any atom is 0.338 e. The van der Waals surface area contributed by atoms with Gasteiger partial charge in [-0.15, -0.1) is 0 Å². The molecule has 0 heterocycles. The van der Waals surface area contributed by atoms with Crippen LogP contribution in [0.4, 0.5) is 0 Å². The van der Waals surface area contributed by atoms with E-state index in [0.29, 0.717) is 5.92 Å². The Morgan fingerprint density at radius 3 is 2.48 bits per heavy atom. The summed E-state index contributed by atoms with van der Waals surface area (Å²) in [6.07, 6.45) is 3.62. The third kappa shape index (κ3) is 4.18. The number of sulfonamides is 1. The minimum atomic E-state index is -3.97. The van der Waals surface area contributed by atoms with E-state index in [9.17, 15) is 13.2 Å². The lowest BCUT2D eigenvalue weighted by Gasteiger charge is -2.26. The molecule has 2 rings (SSSR count). The second-order valence-corrected chi connectivity index (χ2v) is 7.41. The largest absolute Gasteiger partial charge is 0.459 e. The molecule has 0 atom stereocenters. The summed E-state index contributed by atoms with van der Waals surface area (Å²) >= 11 is 5.78. The predicted octanol–water partition coefficient (Wildman–Crippen LogP) is 2.72. The van der Waals surface area contributed by atoms with Crippen LogP contribution in [0.3, 0.4) is 0 Å². The molecule has 0 amide bonds. The normalized spacial score (nSPS) is 22.8. The number of carbonyl (C=O) groups excluding carboxylic acids is 1. The molecule has 0 aromatic heterocycles. The highest BCUT2D eigenvalue weighted by Crippen LogP contribution is 2.27. The van der Waals surface area contributed by atoms with E-state index in [1.807, 2.05) is 0 Å². The molecule has 0 unspecified atom stereocenters. The number of esters is 1. The quantitative estimate of drug-likeness (QED) is 0.863. The Labute approximate surface area is 129 Å². The highest BCUT2D eigenvalue weighted by Gasteiger charge is 2.23. The van der Waals surface area contributed by atoms with E-state index in [1.165, 1.54) is 12.1 Å². The Hall–Kier alpha value is -1.11. The maximum atomic E-state index is 12.1. The monoisotopic (exact) mass is 331 g/mol. The van der Waals surface area contributed by atoms with Crippen LogP contribution in [-0.2, 0) is 14.8 Å². The van der Waals surface area contributed by atoms with Gasteiger partial charge in [-0.25, -0.2) is 18.4 Å². The van der Waals surface area contributed by atoms with E-state index in [0.717, 1.165) is 31.7 Å². The molecule has 1 saturated carbocycles. The summed E-state index contributed by atoms with van der Waals surface area (Å²) in [6, 6.07) is 3.93. The molecule has 7 heteroatoms. The maximum absolute atomic E-state index is 12.1. The van der Waals surface area contributed by atoms with Crippen molar-refractivity contribution < 1.29 is 17.9 Å². The zero-order chi connectivity index (χ0) is 15.6. The van der Waals surface area contributed by atoms with Gasteiger partial charge in [0.1, 0.15) is 11.0 Å². The highest BCUT2D eigenvalue weighted by molar-refractivity contribution is 7.89. The van der Waals surface area contributed by atoms with Gasteiger partial charge in [-0.05, 0) is 49.8 Å². The number of carbonyl (C=O) groups is 1. The van der Waals surface area contributed by atoms with Gasteiger partial charge in [0.25, 0.3) is 0 Å². The summed E-state index contributed by atoms with van der Waals surface area (Å²) in [5.74, 6) is 0.112. The number of halogens is 1. The Morgan fingerprint density at radius 2 is 1.90 bits per heavy atom. The molecule has 0 aliphatic heterocycles. The van der Waals surface area contributed by atoms with Crippen LogP contribution in [0.5, 0.6) is 0 Å². The predicted molar refractivity (Wildman–Crippen MR) is 79.7 cm³/mol. The molecule has 0 bridgehead atoms. The summed E-state index contributed by atoms with van der Waals surface area (Å²) < 4.78 is 28.2. The molecule has 5 nitrogen and oxygen atoms in total. The van der Waals surface area contributed by atoms with Crippen LogP contribution in [0.15, 0.2) is 23.1 Å². The van der Waals surface area contributed by atoms with Crippen molar-refractivity contribution in [3.8, 4) is 0 Å². The first kappa shape index (κ1) is 16.3. The van der Waals surface area contributed by atoms with Crippen LogP contribution in [0.1, 0.15) is 43.0 Å². The number of primary sulfonamides is 1. The minimum absolute atomic E-state index is 0.0134. The van der Waals surface area contributed by atoms with Crippen LogP contribution >= 0.6 is 11.6 Å². The van der Waals surface area contributed by atoms with Gasteiger partial charge in [-0.1, -0.05) is 18.5 Å². The molecule has 0 spiro atoms. The first-order chi connectivity index (χ1) is 9.77. The van der Waals surface area contributed by atoms with Gasteiger partial charge in [0.15, 0.2) is 0 Å². The van der Waals surface area contributed by atoms with E-state index < -0.39 is 16.0 Å². The SMILES string of the molecule is CC1CCC(OC(=O)c2ccc(Cl)c(S(N)(=O)=O)c2)CC1. The van der Waals surface area contributed by atoms with Gasteiger partial charge in [0.05, 0.1) is 10.6 Å². The topological polar surface area (TPSA) is 86.5 Å². The van der Waals surface area contributed by atoms with Crippen LogP contribution in [-0.4, -0.2) is 20.5 Å². The summed E-state index contributed by atoms with van der Waals surface area (Å²) in [4.78, 5) is 11.8. The summed E-state index contributed by atoms with van der Waals surface area (Å²) in [6.45, 7) is 2.18. The summed E-state index contributed by atoms with van der Waals surface area (Å²) in [5.41, 5.74) is 0.141. The van der Waals surface area contributed by atoms with Crippen molar-refractivity contribution in [3.05, 3.63) is 28.8 Å². The Bertz CT molecular complexity index is 636. The van der Waals surface area contributed by atoms with Gasteiger partial charge >= 0.3 is 5.97 Å². The number of hydrogen-bond donors (Lipinski definition) is 1. The van der Waals surface area contributed by atoms with Crippen LogP contribution in [0.25, 0.3) is 0 Å². The fourth-order valence-corrected chi connectivity index (χ4v) is 3.49. The van der Waals surface area contributed by atoms with Crippen molar-refractivity contribution in [3.63, 3.8) is 0 Å². The molecular formula is C14H18ClNO4S. The van der Waals surface area contributed by atoms with Gasteiger partial charge in [0, 0.05) is 0 Å². The van der Waals surface area contributed by atoms with E-state index in [4.69, 9.17) is 21.5 Å². The van der Waals surface area contributed by atoms with E-state index >= 15 is 0 Å². The average Bonchev–Trinajstić information content (AvgIpc) is 2.40. The van der Waals surface area contributed by atoms with E-state index in [2.05, 4.69) is 6.92 Å². The van der Waals surface area contributed by atoms with Crippen molar-refractivity contribution in [2.24, 2.45) is 11.1 Å². The fourth-order valence-electron chi connectivity index (χ4n) is 2.42. The molecule has 1 fully saturated rings. The Morgan fingerprint density at radius 1 is 1.29 bits per heavy atom. The van der Waals surface area contributed by atoms with Crippen molar-refractivity contribution in [1.82, 2.24) is 0 Å². The zero-order valence-electron chi connectivity index (χ0n) is 11.7. The molecule has 116 valence electrons. The van der Waals surface area contributed by atoms with E-state index in [1.54, 1.807) is 0 Å². The van der Waals surface area contributed by atoms with Crippen LogP contribution in [0, 0.1) is 5.92 Å². The first-order valence-corrected chi connectivity index (χ1v) is 8.73. The van der Waals surface area contributed by atoms with Gasteiger partial charge < -0.3 is 4.74 Å². The lowest BCUT2D eigenvalue weighted by atomic mass is 9.89. The Kier molecular flexibility index (Phi) is 4.91. The fraction of sp³-hybridized carbons (Fsp3) is 0.500. The molecule has 1 aromatic rings. The summed E-state index contributed by atoms with van der Waals surface area (Å²) in [5, 5.41) is 5.05. The number of nitrogens with two attached hydrogens (primary N) is 1. The minimum Gasteiger partial charge on any atom is -0.459 e. The molecule has 1 aliphatic carbocycles. The van der Waals surface area contributed by atoms with Gasteiger partial charge in [-0.3, -0.25) is 0 Å².